The van der Waals surface area contributed by atoms with Crippen LogP contribution in [0.5, 0.6) is 0 Å². The molecule has 8 nitrogen and oxygen atoms in total. The van der Waals surface area contributed by atoms with Crippen molar-refractivity contribution in [1.82, 2.24) is 20.4 Å². The summed E-state index contributed by atoms with van der Waals surface area (Å²) in [6.45, 7) is 6.89. The first-order chi connectivity index (χ1) is 9.72. The van der Waals surface area contributed by atoms with Gasteiger partial charge in [-0.3, -0.25) is 19.6 Å². The quantitative estimate of drug-likeness (QED) is 0.710. The summed E-state index contributed by atoms with van der Waals surface area (Å²) < 4.78 is 0. The lowest BCUT2D eigenvalue weighted by Gasteiger charge is -2.15. The molecule has 0 atom stereocenters. The van der Waals surface area contributed by atoms with Crippen molar-refractivity contribution in [2.24, 2.45) is 0 Å². The molecule has 1 aromatic heterocycles. The van der Waals surface area contributed by atoms with Gasteiger partial charge in [-0.05, 0) is 27.7 Å². The zero-order chi connectivity index (χ0) is 15.8. The predicted octanol–water partition coefficient (Wildman–Crippen LogP) is 0.686. The summed E-state index contributed by atoms with van der Waals surface area (Å²) >= 11 is 0. The van der Waals surface area contributed by atoms with Gasteiger partial charge in [0.2, 0.25) is 5.91 Å². The monoisotopic (exact) mass is 293 g/mol. The number of anilines is 1. The maximum absolute atomic E-state index is 12.0. The van der Waals surface area contributed by atoms with Crippen molar-refractivity contribution in [1.29, 1.82) is 0 Å². The molecule has 1 saturated heterocycles. The van der Waals surface area contributed by atoms with Crippen molar-refractivity contribution >= 4 is 23.5 Å². The van der Waals surface area contributed by atoms with Crippen LogP contribution in [0.25, 0.3) is 0 Å². The van der Waals surface area contributed by atoms with Crippen molar-refractivity contribution in [3.63, 3.8) is 0 Å². The predicted molar refractivity (Wildman–Crippen MR) is 75.6 cm³/mol. The number of aromatic amines is 1. The van der Waals surface area contributed by atoms with Crippen molar-refractivity contribution < 1.29 is 14.4 Å². The molecule has 114 valence electrons. The average Bonchev–Trinajstić information content (AvgIpc) is 2.79. The highest BCUT2D eigenvalue weighted by atomic mass is 16.2. The Hall–Kier alpha value is -2.38. The first-order valence-electron chi connectivity index (χ1n) is 6.68. The topological polar surface area (TPSA) is 107 Å². The van der Waals surface area contributed by atoms with E-state index in [-0.39, 0.29) is 24.8 Å². The van der Waals surface area contributed by atoms with Gasteiger partial charge in [0, 0.05) is 13.0 Å². The Labute approximate surface area is 122 Å². The second kappa shape index (κ2) is 5.19. The van der Waals surface area contributed by atoms with E-state index in [0.717, 1.165) is 10.6 Å². The minimum Gasteiger partial charge on any atom is -0.324 e. The molecule has 1 aliphatic rings. The number of nitrogens with one attached hydrogen (secondary N) is 3. The van der Waals surface area contributed by atoms with Crippen molar-refractivity contribution in [2.75, 3.05) is 11.9 Å². The lowest BCUT2D eigenvalue weighted by Crippen LogP contribution is -2.40. The van der Waals surface area contributed by atoms with Crippen molar-refractivity contribution in [3.05, 3.63) is 11.4 Å². The van der Waals surface area contributed by atoms with Gasteiger partial charge < -0.3 is 10.6 Å². The van der Waals surface area contributed by atoms with E-state index in [9.17, 15) is 14.4 Å². The summed E-state index contributed by atoms with van der Waals surface area (Å²) in [5, 5.41) is 12.1. The molecule has 0 spiro atoms. The highest BCUT2D eigenvalue weighted by molar-refractivity contribution is 6.06. The van der Waals surface area contributed by atoms with E-state index in [1.165, 1.54) is 0 Å². The fraction of sp³-hybridized carbons (Fsp3) is 0.538. The first-order valence-corrected chi connectivity index (χ1v) is 6.68. The van der Waals surface area contributed by atoms with Crippen LogP contribution in [0.2, 0.25) is 0 Å². The minimum absolute atomic E-state index is 0.0410. The maximum atomic E-state index is 12.0. The zero-order valence-electron chi connectivity index (χ0n) is 12.5. The van der Waals surface area contributed by atoms with E-state index in [1.54, 1.807) is 27.7 Å². The number of hydrogen-bond acceptors (Lipinski definition) is 4. The molecule has 1 aliphatic heterocycles. The molecule has 21 heavy (non-hydrogen) atoms. The van der Waals surface area contributed by atoms with Crippen LogP contribution in [0, 0.1) is 13.8 Å². The SMILES string of the molecule is Cc1n[nH]c(C)c1NC(=O)CCN1C(=O)NC(C)(C)C1=O. The van der Waals surface area contributed by atoms with Crippen molar-refractivity contribution in [3.8, 4) is 0 Å². The molecule has 1 aromatic rings. The number of hydrogen-bond donors (Lipinski definition) is 3. The van der Waals surface area contributed by atoms with E-state index in [4.69, 9.17) is 0 Å². The van der Waals surface area contributed by atoms with Crippen LogP contribution in [-0.2, 0) is 9.59 Å². The lowest BCUT2D eigenvalue weighted by atomic mass is 10.1. The van der Waals surface area contributed by atoms with Crippen LogP contribution >= 0.6 is 0 Å². The highest BCUT2D eigenvalue weighted by Crippen LogP contribution is 2.18. The third-order valence-electron chi connectivity index (χ3n) is 3.40. The Morgan fingerprint density at radius 3 is 2.48 bits per heavy atom. The zero-order valence-corrected chi connectivity index (χ0v) is 12.5. The van der Waals surface area contributed by atoms with Crippen LogP contribution in [0.4, 0.5) is 10.5 Å². The molecule has 3 N–H and O–H groups in total. The minimum atomic E-state index is -0.911. The molecule has 0 saturated carbocycles. The van der Waals surface area contributed by atoms with Crippen LogP contribution in [0.1, 0.15) is 31.7 Å². The molecular formula is C13H19N5O3. The second-order valence-corrected chi connectivity index (χ2v) is 5.62. The number of imide groups is 1. The normalized spacial score (nSPS) is 17.0. The van der Waals surface area contributed by atoms with Crippen molar-refractivity contribution in [2.45, 2.75) is 39.7 Å². The molecule has 0 radical (unpaired) electrons. The summed E-state index contributed by atoms with van der Waals surface area (Å²) in [7, 11) is 0. The second-order valence-electron chi connectivity index (χ2n) is 5.62. The third-order valence-corrected chi connectivity index (χ3v) is 3.40. The molecule has 8 heteroatoms. The van der Waals surface area contributed by atoms with Gasteiger partial charge in [-0.25, -0.2) is 4.79 Å². The number of nitrogens with zero attached hydrogens (tertiary/aromatic N) is 2. The Balaban J connectivity index is 1.93. The Morgan fingerprint density at radius 2 is 2.00 bits per heavy atom. The summed E-state index contributed by atoms with van der Waals surface area (Å²) in [6.07, 6.45) is 0.0410. The van der Waals surface area contributed by atoms with Gasteiger partial charge in [0.1, 0.15) is 5.54 Å². The molecule has 2 rings (SSSR count). The fourth-order valence-corrected chi connectivity index (χ4v) is 2.17. The standard InChI is InChI=1S/C13H19N5O3/c1-7-10(8(2)17-16-7)14-9(19)5-6-18-11(20)13(3,4)15-12(18)21/h5-6H2,1-4H3,(H,14,19)(H,15,21)(H,16,17). The lowest BCUT2D eigenvalue weighted by molar-refractivity contribution is -0.130. The number of aromatic nitrogens is 2. The summed E-state index contributed by atoms with van der Waals surface area (Å²) in [4.78, 5) is 36.6. The number of urea groups is 1. The number of amides is 4. The molecule has 0 bridgehead atoms. The number of carbonyl (C=O) groups is 3. The summed E-state index contributed by atoms with van der Waals surface area (Å²) in [5.41, 5.74) is 1.18. The number of carbonyl (C=O) groups excluding carboxylic acids is 3. The molecule has 0 aliphatic carbocycles. The number of H-pyrrole nitrogens is 1. The van der Waals surface area contributed by atoms with Gasteiger partial charge in [-0.2, -0.15) is 5.10 Å². The Kier molecular flexibility index (Phi) is 3.71. The van der Waals surface area contributed by atoms with Gasteiger partial charge in [-0.1, -0.05) is 0 Å². The molecule has 1 fully saturated rings. The average molecular weight is 293 g/mol. The molecule has 2 heterocycles. The Bertz CT molecular complexity index is 585. The first kappa shape index (κ1) is 15.0. The smallest absolute Gasteiger partial charge is 0.324 e. The van der Waals surface area contributed by atoms with Gasteiger partial charge in [0.15, 0.2) is 0 Å². The van der Waals surface area contributed by atoms with E-state index < -0.39 is 11.6 Å². The maximum Gasteiger partial charge on any atom is 0.325 e. The fourth-order valence-electron chi connectivity index (χ4n) is 2.17. The van der Waals surface area contributed by atoms with E-state index in [2.05, 4.69) is 20.8 Å². The van der Waals surface area contributed by atoms with E-state index in [0.29, 0.717) is 11.4 Å². The summed E-state index contributed by atoms with van der Waals surface area (Å²) in [6, 6.07) is -0.464. The number of aryl methyl sites for hydroxylation is 2. The molecular weight excluding hydrogens is 274 g/mol. The molecule has 4 amide bonds. The van der Waals surface area contributed by atoms with Crippen LogP contribution in [0.3, 0.4) is 0 Å². The molecule has 0 unspecified atom stereocenters. The number of rotatable bonds is 4. The molecule has 0 aromatic carbocycles. The van der Waals surface area contributed by atoms with Gasteiger partial charge in [0.25, 0.3) is 5.91 Å². The van der Waals surface area contributed by atoms with Gasteiger partial charge in [-0.15, -0.1) is 0 Å². The van der Waals surface area contributed by atoms with Gasteiger partial charge in [0.05, 0.1) is 17.1 Å². The summed E-state index contributed by atoms with van der Waals surface area (Å²) in [5.74, 6) is -0.594. The van der Waals surface area contributed by atoms with Crippen LogP contribution in [-0.4, -0.2) is 45.0 Å². The Morgan fingerprint density at radius 1 is 1.33 bits per heavy atom. The third kappa shape index (κ3) is 2.88. The van der Waals surface area contributed by atoms with Crippen LogP contribution in [0.15, 0.2) is 0 Å². The highest BCUT2D eigenvalue weighted by Gasteiger charge is 2.43. The van der Waals surface area contributed by atoms with Crippen LogP contribution < -0.4 is 10.6 Å². The largest absolute Gasteiger partial charge is 0.325 e. The van der Waals surface area contributed by atoms with E-state index >= 15 is 0 Å². The van der Waals surface area contributed by atoms with Gasteiger partial charge >= 0.3 is 6.03 Å². The van der Waals surface area contributed by atoms with E-state index in [1.807, 2.05) is 0 Å².